The predicted octanol–water partition coefficient (Wildman–Crippen LogP) is 3.82. The minimum absolute atomic E-state index is 0.0380. The van der Waals surface area contributed by atoms with E-state index < -0.39 is 0 Å². The molecular formula is C23H35FN4. The number of hydrogen-bond donors (Lipinski definition) is 2. The van der Waals surface area contributed by atoms with Crippen molar-refractivity contribution in [2.24, 2.45) is 4.99 Å². The molecule has 0 spiro atoms. The number of aliphatic imine (C=N–C) groups is 1. The highest BCUT2D eigenvalue weighted by Crippen LogP contribution is 2.48. The van der Waals surface area contributed by atoms with Gasteiger partial charge in [-0.15, -0.1) is 0 Å². The van der Waals surface area contributed by atoms with Crippen molar-refractivity contribution >= 4 is 5.96 Å². The Labute approximate surface area is 169 Å². The molecule has 1 aromatic carbocycles. The lowest BCUT2D eigenvalue weighted by Crippen LogP contribution is -2.50. The van der Waals surface area contributed by atoms with Crippen LogP contribution in [0.1, 0.15) is 63.9 Å². The van der Waals surface area contributed by atoms with Crippen LogP contribution in [0.3, 0.4) is 0 Å². The Morgan fingerprint density at radius 1 is 1.18 bits per heavy atom. The van der Waals surface area contributed by atoms with Crippen LogP contribution in [0, 0.1) is 5.82 Å². The van der Waals surface area contributed by atoms with Crippen molar-refractivity contribution in [3.8, 4) is 0 Å². The molecule has 1 aliphatic heterocycles. The summed E-state index contributed by atoms with van der Waals surface area (Å²) in [7, 11) is 0. The van der Waals surface area contributed by atoms with E-state index in [0.717, 1.165) is 43.5 Å². The second-order valence-corrected chi connectivity index (χ2v) is 8.88. The first kappa shape index (κ1) is 19.7. The number of guanidine groups is 1. The highest BCUT2D eigenvalue weighted by Gasteiger charge is 2.44. The van der Waals surface area contributed by atoms with Gasteiger partial charge in [-0.25, -0.2) is 4.39 Å². The SMILES string of the molecule is CCNC(=NCC1(c2cccc(F)c2)CC1)NC1CCN(C2CCCC2)CC1. The summed E-state index contributed by atoms with van der Waals surface area (Å²) < 4.78 is 13.6. The first-order chi connectivity index (χ1) is 13.7. The Morgan fingerprint density at radius 2 is 1.93 bits per heavy atom. The Hall–Kier alpha value is -1.62. The number of halogens is 1. The molecule has 3 fully saturated rings. The summed E-state index contributed by atoms with van der Waals surface area (Å²) >= 11 is 0. The molecule has 0 atom stereocenters. The van der Waals surface area contributed by atoms with Crippen LogP contribution in [-0.4, -0.2) is 49.1 Å². The average molecular weight is 387 g/mol. The molecule has 0 amide bonds. The third-order valence-electron chi connectivity index (χ3n) is 6.89. The Kier molecular flexibility index (Phi) is 6.19. The summed E-state index contributed by atoms with van der Waals surface area (Å²) in [5.41, 5.74) is 1.13. The lowest BCUT2D eigenvalue weighted by molar-refractivity contribution is 0.150. The van der Waals surface area contributed by atoms with Crippen molar-refractivity contribution in [2.75, 3.05) is 26.2 Å². The molecule has 4 nitrogen and oxygen atoms in total. The van der Waals surface area contributed by atoms with E-state index in [4.69, 9.17) is 4.99 Å². The van der Waals surface area contributed by atoms with Gasteiger partial charge in [0.15, 0.2) is 5.96 Å². The zero-order chi connectivity index (χ0) is 19.4. The molecule has 28 heavy (non-hydrogen) atoms. The standard InChI is InChI=1S/C23H35FN4/c1-2-25-22(26-17-23(12-13-23)18-6-5-7-19(24)16-18)27-20-10-14-28(15-11-20)21-8-3-4-9-21/h5-7,16,20-21H,2-4,8-15,17H2,1H3,(H2,25,26,27). The molecule has 1 aromatic rings. The van der Waals surface area contributed by atoms with Crippen LogP contribution < -0.4 is 10.6 Å². The van der Waals surface area contributed by atoms with Gasteiger partial charge in [0.05, 0.1) is 6.54 Å². The van der Waals surface area contributed by atoms with Gasteiger partial charge in [-0.05, 0) is 63.1 Å². The van der Waals surface area contributed by atoms with Gasteiger partial charge in [0.25, 0.3) is 0 Å². The first-order valence-corrected chi connectivity index (χ1v) is 11.2. The van der Waals surface area contributed by atoms with Crippen molar-refractivity contribution in [1.29, 1.82) is 0 Å². The Morgan fingerprint density at radius 3 is 2.57 bits per heavy atom. The lowest BCUT2D eigenvalue weighted by atomic mass is 9.96. The van der Waals surface area contributed by atoms with Gasteiger partial charge >= 0.3 is 0 Å². The molecule has 2 N–H and O–H groups in total. The van der Waals surface area contributed by atoms with Crippen LogP contribution in [-0.2, 0) is 5.41 Å². The largest absolute Gasteiger partial charge is 0.357 e. The smallest absolute Gasteiger partial charge is 0.191 e. The van der Waals surface area contributed by atoms with Crippen molar-refractivity contribution in [3.05, 3.63) is 35.6 Å². The molecule has 0 radical (unpaired) electrons. The highest BCUT2D eigenvalue weighted by molar-refractivity contribution is 5.80. The second-order valence-electron chi connectivity index (χ2n) is 8.88. The van der Waals surface area contributed by atoms with E-state index in [1.165, 1.54) is 57.7 Å². The number of nitrogens with zero attached hydrogens (tertiary/aromatic N) is 2. The second kappa shape index (κ2) is 8.81. The number of hydrogen-bond acceptors (Lipinski definition) is 2. The fourth-order valence-corrected chi connectivity index (χ4v) is 4.93. The average Bonchev–Trinajstić information content (AvgIpc) is 3.30. The fourth-order valence-electron chi connectivity index (χ4n) is 4.93. The number of likely N-dealkylation sites (tertiary alicyclic amines) is 1. The van der Waals surface area contributed by atoms with Gasteiger partial charge < -0.3 is 15.5 Å². The predicted molar refractivity (Wildman–Crippen MR) is 113 cm³/mol. The summed E-state index contributed by atoms with van der Waals surface area (Å²) in [5.74, 6) is 0.774. The molecule has 0 aromatic heterocycles. The first-order valence-electron chi connectivity index (χ1n) is 11.2. The number of piperidine rings is 1. The van der Waals surface area contributed by atoms with Crippen molar-refractivity contribution in [1.82, 2.24) is 15.5 Å². The Bertz CT molecular complexity index is 671. The lowest BCUT2D eigenvalue weighted by Gasteiger charge is -2.36. The van der Waals surface area contributed by atoms with Gasteiger partial charge in [0.1, 0.15) is 5.82 Å². The van der Waals surface area contributed by atoms with E-state index in [0.29, 0.717) is 6.04 Å². The molecule has 0 bridgehead atoms. The summed E-state index contributed by atoms with van der Waals surface area (Å²) in [4.78, 5) is 7.61. The van der Waals surface area contributed by atoms with Gasteiger partial charge in [-0.2, -0.15) is 0 Å². The zero-order valence-corrected chi connectivity index (χ0v) is 17.2. The van der Waals surface area contributed by atoms with E-state index in [2.05, 4.69) is 22.5 Å². The van der Waals surface area contributed by atoms with E-state index >= 15 is 0 Å². The molecule has 154 valence electrons. The van der Waals surface area contributed by atoms with Crippen LogP contribution in [0.2, 0.25) is 0 Å². The third-order valence-corrected chi connectivity index (χ3v) is 6.89. The van der Waals surface area contributed by atoms with E-state index in [9.17, 15) is 4.39 Å². The van der Waals surface area contributed by atoms with Crippen LogP contribution in [0.15, 0.2) is 29.3 Å². The van der Waals surface area contributed by atoms with Crippen LogP contribution in [0.4, 0.5) is 4.39 Å². The maximum Gasteiger partial charge on any atom is 0.191 e. The van der Waals surface area contributed by atoms with Crippen LogP contribution >= 0.6 is 0 Å². The normalized spacial score (nSPS) is 23.7. The molecule has 0 unspecified atom stereocenters. The van der Waals surface area contributed by atoms with E-state index in [1.54, 1.807) is 6.07 Å². The van der Waals surface area contributed by atoms with Crippen molar-refractivity contribution in [3.63, 3.8) is 0 Å². The van der Waals surface area contributed by atoms with E-state index in [-0.39, 0.29) is 11.2 Å². The number of rotatable bonds is 6. The quantitative estimate of drug-likeness (QED) is 0.577. The minimum atomic E-state index is -0.146. The maximum atomic E-state index is 13.6. The summed E-state index contributed by atoms with van der Waals surface area (Å²) in [6, 6.07) is 8.40. The summed E-state index contributed by atoms with van der Waals surface area (Å²) in [6.07, 6.45) is 10.2. The van der Waals surface area contributed by atoms with Gasteiger partial charge in [0.2, 0.25) is 0 Å². The molecular weight excluding hydrogens is 351 g/mol. The Balaban J connectivity index is 1.32. The van der Waals surface area contributed by atoms with Gasteiger partial charge in [-0.1, -0.05) is 25.0 Å². The number of benzene rings is 1. The maximum absolute atomic E-state index is 13.6. The van der Waals surface area contributed by atoms with Gasteiger partial charge in [0, 0.05) is 37.1 Å². The van der Waals surface area contributed by atoms with Gasteiger partial charge in [-0.3, -0.25) is 4.99 Å². The molecule has 5 heteroatoms. The number of nitrogens with one attached hydrogen (secondary N) is 2. The molecule has 1 heterocycles. The third kappa shape index (κ3) is 4.68. The van der Waals surface area contributed by atoms with Crippen LogP contribution in [0.25, 0.3) is 0 Å². The zero-order valence-electron chi connectivity index (χ0n) is 17.2. The molecule has 2 aliphatic carbocycles. The highest BCUT2D eigenvalue weighted by atomic mass is 19.1. The monoisotopic (exact) mass is 386 g/mol. The molecule has 1 saturated heterocycles. The van der Waals surface area contributed by atoms with Crippen molar-refractivity contribution in [2.45, 2.75) is 75.8 Å². The molecule has 4 rings (SSSR count). The molecule has 2 saturated carbocycles. The topological polar surface area (TPSA) is 39.7 Å². The van der Waals surface area contributed by atoms with Crippen molar-refractivity contribution < 1.29 is 4.39 Å². The minimum Gasteiger partial charge on any atom is -0.357 e. The summed E-state index contributed by atoms with van der Waals surface area (Å²) in [6.45, 7) is 6.11. The molecule has 3 aliphatic rings. The van der Waals surface area contributed by atoms with Crippen LogP contribution in [0.5, 0.6) is 0 Å². The summed E-state index contributed by atoms with van der Waals surface area (Å²) in [5, 5.41) is 7.08. The fraction of sp³-hybridized carbons (Fsp3) is 0.696. The van der Waals surface area contributed by atoms with E-state index in [1.807, 2.05) is 12.1 Å².